The van der Waals surface area contributed by atoms with Gasteiger partial charge in [0, 0.05) is 22.7 Å². The number of benzene rings is 1. The van der Waals surface area contributed by atoms with Crippen LogP contribution in [0.1, 0.15) is 36.0 Å². The molecule has 0 aliphatic carbocycles. The molecule has 0 saturated carbocycles. The van der Waals surface area contributed by atoms with Crippen molar-refractivity contribution < 1.29 is 9.59 Å². The summed E-state index contributed by atoms with van der Waals surface area (Å²) in [6.45, 7) is 7.02. The maximum atomic E-state index is 12.5. The van der Waals surface area contributed by atoms with Gasteiger partial charge in [0.15, 0.2) is 5.78 Å². The maximum absolute atomic E-state index is 12.5. The van der Waals surface area contributed by atoms with E-state index in [4.69, 9.17) is 0 Å². The number of hydrogen-bond donors (Lipinski definition) is 1. The normalized spacial score (nSPS) is 12.2. The first kappa shape index (κ1) is 17.4. The molecular formula is C18H22N2O2S. The summed E-state index contributed by atoms with van der Waals surface area (Å²) in [5, 5.41) is 4.94. The highest BCUT2D eigenvalue weighted by atomic mass is 32.1. The minimum absolute atomic E-state index is 0.0120. The summed E-state index contributed by atoms with van der Waals surface area (Å²) in [5.41, 5.74) is 1.25. The number of amides is 1. The van der Waals surface area contributed by atoms with Gasteiger partial charge in [-0.15, -0.1) is 11.3 Å². The zero-order chi connectivity index (χ0) is 16.8. The van der Waals surface area contributed by atoms with E-state index >= 15 is 0 Å². The van der Waals surface area contributed by atoms with Gasteiger partial charge in [0.25, 0.3) is 0 Å². The van der Waals surface area contributed by atoms with Crippen LogP contribution in [0.4, 0.5) is 5.69 Å². The van der Waals surface area contributed by atoms with E-state index in [-0.39, 0.29) is 17.7 Å². The molecule has 1 aromatic carbocycles. The molecule has 1 N–H and O–H groups in total. The summed E-state index contributed by atoms with van der Waals surface area (Å²) < 4.78 is 0. The van der Waals surface area contributed by atoms with Gasteiger partial charge in [-0.3, -0.25) is 14.5 Å². The van der Waals surface area contributed by atoms with Gasteiger partial charge in [-0.1, -0.05) is 25.1 Å². The third-order valence-corrected chi connectivity index (χ3v) is 4.67. The molecule has 1 aromatic heterocycles. The predicted molar refractivity (Wildman–Crippen MR) is 94.9 cm³/mol. The molecule has 1 atom stereocenters. The standard InChI is InChI=1S/C18H22N2O2S/c1-4-20(12-17-9-6-10-23-17)13(2)18(22)19-16-8-5-7-15(11-16)14(3)21/h5-11,13H,4,12H2,1-3H3,(H,19,22)/t13-/m0/s1. The van der Waals surface area contributed by atoms with E-state index in [0.717, 1.165) is 13.1 Å². The molecule has 0 spiro atoms. The molecule has 0 aliphatic heterocycles. The molecule has 0 bridgehead atoms. The molecule has 1 heterocycles. The first-order valence-electron chi connectivity index (χ1n) is 7.69. The minimum atomic E-state index is -0.247. The van der Waals surface area contributed by atoms with Crippen LogP contribution in [0.2, 0.25) is 0 Å². The van der Waals surface area contributed by atoms with Gasteiger partial charge in [0.05, 0.1) is 6.04 Å². The van der Waals surface area contributed by atoms with Crippen LogP contribution >= 0.6 is 11.3 Å². The molecular weight excluding hydrogens is 308 g/mol. The van der Waals surface area contributed by atoms with Crippen molar-refractivity contribution >= 4 is 28.7 Å². The van der Waals surface area contributed by atoms with Crippen molar-refractivity contribution in [1.29, 1.82) is 0 Å². The Labute approximate surface area is 141 Å². The fourth-order valence-corrected chi connectivity index (χ4v) is 3.08. The number of likely N-dealkylation sites (N-methyl/N-ethyl adjacent to an activating group) is 1. The van der Waals surface area contributed by atoms with Crippen molar-refractivity contribution in [3.8, 4) is 0 Å². The summed E-state index contributed by atoms with van der Waals surface area (Å²) in [7, 11) is 0. The lowest BCUT2D eigenvalue weighted by Crippen LogP contribution is -2.41. The molecule has 0 radical (unpaired) electrons. The highest BCUT2D eigenvalue weighted by molar-refractivity contribution is 7.09. The summed E-state index contributed by atoms with van der Waals surface area (Å²) in [4.78, 5) is 27.3. The smallest absolute Gasteiger partial charge is 0.241 e. The Morgan fingerprint density at radius 1 is 1.26 bits per heavy atom. The van der Waals surface area contributed by atoms with Crippen LogP contribution in [-0.4, -0.2) is 29.2 Å². The van der Waals surface area contributed by atoms with Crippen LogP contribution < -0.4 is 5.32 Å². The molecule has 2 rings (SSSR count). The van der Waals surface area contributed by atoms with E-state index in [0.29, 0.717) is 11.3 Å². The average molecular weight is 330 g/mol. The molecule has 4 nitrogen and oxygen atoms in total. The second kappa shape index (κ2) is 8.04. The molecule has 1 amide bonds. The number of nitrogens with one attached hydrogen (secondary N) is 1. The maximum Gasteiger partial charge on any atom is 0.241 e. The van der Waals surface area contributed by atoms with E-state index < -0.39 is 0 Å². The van der Waals surface area contributed by atoms with E-state index in [2.05, 4.69) is 16.3 Å². The van der Waals surface area contributed by atoms with E-state index in [1.165, 1.54) is 11.8 Å². The fraction of sp³-hybridized carbons (Fsp3) is 0.333. The Balaban J connectivity index is 2.03. The fourth-order valence-electron chi connectivity index (χ4n) is 2.35. The molecule has 122 valence electrons. The van der Waals surface area contributed by atoms with Gasteiger partial charge < -0.3 is 5.32 Å². The monoisotopic (exact) mass is 330 g/mol. The lowest BCUT2D eigenvalue weighted by atomic mass is 10.1. The van der Waals surface area contributed by atoms with Crippen molar-refractivity contribution in [3.63, 3.8) is 0 Å². The molecule has 0 saturated heterocycles. The number of anilines is 1. The first-order valence-corrected chi connectivity index (χ1v) is 8.57. The highest BCUT2D eigenvalue weighted by Gasteiger charge is 2.20. The quantitative estimate of drug-likeness (QED) is 0.786. The minimum Gasteiger partial charge on any atom is -0.325 e. The van der Waals surface area contributed by atoms with Gasteiger partial charge in [-0.25, -0.2) is 0 Å². The van der Waals surface area contributed by atoms with Crippen LogP contribution in [0.15, 0.2) is 41.8 Å². The Morgan fingerprint density at radius 2 is 2.04 bits per heavy atom. The van der Waals surface area contributed by atoms with Crippen molar-refractivity contribution in [3.05, 3.63) is 52.2 Å². The van der Waals surface area contributed by atoms with Crippen LogP contribution in [0.25, 0.3) is 0 Å². The largest absolute Gasteiger partial charge is 0.325 e. The Hall–Kier alpha value is -1.98. The Morgan fingerprint density at radius 3 is 2.65 bits per heavy atom. The molecule has 0 fully saturated rings. The Bertz CT molecular complexity index is 667. The molecule has 2 aromatic rings. The van der Waals surface area contributed by atoms with Crippen LogP contribution in [0, 0.1) is 0 Å². The van der Waals surface area contributed by atoms with E-state index in [9.17, 15) is 9.59 Å². The second-order valence-corrected chi connectivity index (χ2v) is 6.48. The third kappa shape index (κ3) is 4.74. The highest BCUT2D eigenvalue weighted by Crippen LogP contribution is 2.16. The number of thiophene rings is 1. The van der Waals surface area contributed by atoms with Gasteiger partial charge in [-0.05, 0) is 44.0 Å². The summed E-state index contributed by atoms with van der Waals surface area (Å²) >= 11 is 1.69. The van der Waals surface area contributed by atoms with Gasteiger partial charge in [-0.2, -0.15) is 0 Å². The third-order valence-electron chi connectivity index (χ3n) is 3.81. The number of hydrogen-bond acceptors (Lipinski definition) is 4. The zero-order valence-electron chi connectivity index (χ0n) is 13.7. The summed E-state index contributed by atoms with van der Waals surface area (Å²) in [5.74, 6) is -0.0777. The van der Waals surface area contributed by atoms with Crippen molar-refractivity contribution in [2.24, 2.45) is 0 Å². The summed E-state index contributed by atoms with van der Waals surface area (Å²) in [6, 6.07) is 10.9. The van der Waals surface area contributed by atoms with E-state index in [1.54, 1.807) is 35.6 Å². The van der Waals surface area contributed by atoms with E-state index in [1.807, 2.05) is 25.3 Å². The van der Waals surface area contributed by atoms with Gasteiger partial charge in [0.2, 0.25) is 5.91 Å². The van der Waals surface area contributed by atoms with Crippen LogP contribution in [-0.2, 0) is 11.3 Å². The number of Topliss-reactive ketones (excluding diaryl/α,β-unsaturated/α-hetero) is 1. The van der Waals surface area contributed by atoms with Crippen molar-refractivity contribution in [2.75, 3.05) is 11.9 Å². The first-order chi connectivity index (χ1) is 11.0. The molecule has 23 heavy (non-hydrogen) atoms. The zero-order valence-corrected chi connectivity index (χ0v) is 14.5. The second-order valence-electron chi connectivity index (χ2n) is 5.44. The van der Waals surface area contributed by atoms with Crippen molar-refractivity contribution in [1.82, 2.24) is 4.90 Å². The van der Waals surface area contributed by atoms with Crippen LogP contribution in [0.3, 0.4) is 0 Å². The lowest BCUT2D eigenvalue weighted by molar-refractivity contribution is -0.120. The average Bonchev–Trinajstić information content (AvgIpc) is 3.05. The Kier molecular flexibility index (Phi) is 6.07. The molecule has 0 unspecified atom stereocenters. The number of rotatable bonds is 7. The SMILES string of the molecule is CCN(Cc1cccs1)[C@@H](C)C(=O)Nc1cccc(C(C)=O)c1. The number of nitrogens with zero attached hydrogens (tertiary/aromatic N) is 1. The van der Waals surface area contributed by atoms with Gasteiger partial charge >= 0.3 is 0 Å². The van der Waals surface area contributed by atoms with Crippen molar-refractivity contribution in [2.45, 2.75) is 33.4 Å². The van der Waals surface area contributed by atoms with Gasteiger partial charge in [0.1, 0.15) is 0 Å². The lowest BCUT2D eigenvalue weighted by Gasteiger charge is -2.26. The molecule has 0 aliphatic rings. The van der Waals surface area contributed by atoms with Crippen LogP contribution in [0.5, 0.6) is 0 Å². The summed E-state index contributed by atoms with van der Waals surface area (Å²) in [6.07, 6.45) is 0. The number of carbonyl (C=O) groups is 2. The topological polar surface area (TPSA) is 49.4 Å². The predicted octanol–water partition coefficient (Wildman–Crippen LogP) is 3.80. The number of ketones is 1. The molecule has 5 heteroatoms. The number of carbonyl (C=O) groups excluding carboxylic acids is 2.